The van der Waals surface area contributed by atoms with Gasteiger partial charge in [0.15, 0.2) is 30.4 Å². The van der Waals surface area contributed by atoms with E-state index in [1.807, 2.05) is 0 Å². The van der Waals surface area contributed by atoms with Crippen LogP contribution in [0, 0.1) is 0 Å². The molecule has 39 heavy (non-hydrogen) atoms. The lowest BCUT2D eigenvalue weighted by atomic mass is 9.98. The Hall–Kier alpha value is -4.05. The van der Waals surface area contributed by atoms with Gasteiger partial charge in [-0.3, -0.25) is 0 Å². The SMILES string of the molecule is CC1(C)O[C@H]2O[C@@H](COC(=O)c3ccccc3)[C@@H](OC(=O)c3ccccc3)[C@H](OC(=O)c3ccccc3)[C@@H]2O1. The molecule has 0 unspecified atom stereocenters. The molecule has 0 aromatic heterocycles. The maximum absolute atomic E-state index is 13.1. The third kappa shape index (κ3) is 6.17. The number of esters is 3. The standard InChI is InChI=1S/C30H28O9/c1-30(2)38-25-24(37-28(33)21-16-10-5-11-17-21)23(36-27(32)20-14-8-4-9-15-20)22(35-29(25)39-30)18-34-26(31)19-12-6-3-7-13-19/h3-17,22-25,29H,18H2,1-2H3/t22-,23+,24-,25-,29+/m0/s1. The van der Waals surface area contributed by atoms with E-state index < -0.39 is 54.4 Å². The fourth-order valence-electron chi connectivity index (χ4n) is 4.49. The van der Waals surface area contributed by atoms with Gasteiger partial charge in [0, 0.05) is 0 Å². The maximum Gasteiger partial charge on any atom is 0.338 e. The highest BCUT2D eigenvalue weighted by atomic mass is 16.8. The Morgan fingerprint density at radius 1 is 0.667 bits per heavy atom. The minimum absolute atomic E-state index is 0.289. The fraction of sp³-hybridized carbons (Fsp3) is 0.300. The molecule has 9 heteroatoms. The summed E-state index contributed by atoms with van der Waals surface area (Å²) in [4.78, 5) is 39.0. The quantitative estimate of drug-likeness (QED) is 0.327. The predicted molar refractivity (Wildman–Crippen MR) is 137 cm³/mol. The summed E-state index contributed by atoms with van der Waals surface area (Å²) in [5.74, 6) is -2.97. The average Bonchev–Trinajstić information content (AvgIpc) is 3.28. The van der Waals surface area contributed by atoms with Crippen molar-refractivity contribution < 1.29 is 42.8 Å². The molecule has 0 N–H and O–H groups in total. The third-order valence-electron chi connectivity index (χ3n) is 6.30. The summed E-state index contributed by atoms with van der Waals surface area (Å²) < 4.78 is 35.4. The second kappa shape index (κ2) is 11.4. The van der Waals surface area contributed by atoms with E-state index in [1.54, 1.807) is 105 Å². The number of carbonyl (C=O) groups excluding carboxylic acids is 3. The molecule has 0 saturated carbocycles. The van der Waals surface area contributed by atoms with E-state index in [0.717, 1.165) is 0 Å². The van der Waals surface area contributed by atoms with Crippen molar-refractivity contribution in [2.24, 2.45) is 0 Å². The molecule has 0 amide bonds. The number of rotatable bonds is 7. The molecule has 3 aromatic carbocycles. The Labute approximate surface area is 225 Å². The van der Waals surface area contributed by atoms with Gasteiger partial charge >= 0.3 is 17.9 Å². The molecule has 0 spiro atoms. The molecule has 3 aromatic rings. The first-order valence-electron chi connectivity index (χ1n) is 12.6. The molecule has 202 valence electrons. The van der Waals surface area contributed by atoms with E-state index in [4.69, 9.17) is 28.4 Å². The topological polar surface area (TPSA) is 107 Å². The summed E-state index contributed by atoms with van der Waals surface area (Å²) in [5, 5.41) is 0. The largest absolute Gasteiger partial charge is 0.459 e. The number of hydrogen-bond acceptors (Lipinski definition) is 9. The van der Waals surface area contributed by atoms with E-state index in [0.29, 0.717) is 11.1 Å². The van der Waals surface area contributed by atoms with Gasteiger partial charge in [0.05, 0.1) is 16.7 Å². The van der Waals surface area contributed by atoms with Crippen molar-refractivity contribution in [1.82, 2.24) is 0 Å². The average molecular weight is 533 g/mol. The van der Waals surface area contributed by atoms with Crippen molar-refractivity contribution in [1.29, 1.82) is 0 Å². The molecule has 2 saturated heterocycles. The predicted octanol–water partition coefficient (Wildman–Crippen LogP) is 4.17. The summed E-state index contributed by atoms with van der Waals surface area (Å²) in [6, 6.07) is 25.2. The zero-order valence-electron chi connectivity index (χ0n) is 21.4. The van der Waals surface area contributed by atoms with Crippen molar-refractivity contribution in [3.05, 3.63) is 108 Å². The molecule has 9 nitrogen and oxygen atoms in total. The summed E-state index contributed by atoms with van der Waals surface area (Å²) in [6.07, 6.45) is -5.24. The zero-order chi connectivity index (χ0) is 27.4. The van der Waals surface area contributed by atoms with Gasteiger partial charge in [-0.2, -0.15) is 0 Å². The molecule has 2 fully saturated rings. The molecule has 5 rings (SSSR count). The molecule has 2 heterocycles. The normalized spacial score (nSPS) is 25.2. The van der Waals surface area contributed by atoms with Gasteiger partial charge in [0.2, 0.25) is 0 Å². The van der Waals surface area contributed by atoms with Crippen LogP contribution in [0.15, 0.2) is 91.0 Å². The third-order valence-corrected chi connectivity index (χ3v) is 6.30. The van der Waals surface area contributed by atoms with Gasteiger partial charge in [-0.05, 0) is 50.2 Å². The Bertz CT molecular complexity index is 1290. The van der Waals surface area contributed by atoms with Gasteiger partial charge in [-0.1, -0.05) is 54.6 Å². The van der Waals surface area contributed by atoms with Gasteiger partial charge in [0.1, 0.15) is 12.7 Å². The minimum atomic E-state index is -1.19. The summed E-state index contributed by atoms with van der Waals surface area (Å²) in [6.45, 7) is 3.09. The number of fused-ring (bicyclic) bond motifs is 1. The lowest BCUT2D eigenvalue weighted by molar-refractivity contribution is -0.255. The van der Waals surface area contributed by atoms with Crippen LogP contribution in [0.2, 0.25) is 0 Å². The molecule has 0 aliphatic carbocycles. The van der Waals surface area contributed by atoms with Gasteiger partial charge in [0.25, 0.3) is 0 Å². The van der Waals surface area contributed by atoms with Gasteiger partial charge in [-0.25, -0.2) is 14.4 Å². The monoisotopic (exact) mass is 532 g/mol. The van der Waals surface area contributed by atoms with Crippen LogP contribution in [0.5, 0.6) is 0 Å². The second-order valence-electron chi connectivity index (χ2n) is 9.58. The molecule has 5 atom stereocenters. The van der Waals surface area contributed by atoms with Crippen LogP contribution in [-0.4, -0.2) is 61.0 Å². The number of benzene rings is 3. The van der Waals surface area contributed by atoms with E-state index in [1.165, 1.54) is 0 Å². The fourth-order valence-corrected chi connectivity index (χ4v) is 4.49. The molecular weight excluding hydrogens is 504 g/mol. The van der Waals surface area contributed by atoms with Crippen LogP contribution in [0.1, 0.15) is 44.9 Å². The Morgan fingerprint density at radius 2 is 1.13 bits per heavy atom. The van der Waals surface area contributed by atoms with E-state index in [9.17, 15) is 14.4 Å². The van der Waals surface area contributed by atoms with Crippen LogP contribution in [0.4, 0.5) is 0 Å². The first kappa shape index (κ1) is 26.6. The molecule has 0 radical (unpaired) electrons. The van der Waals surface area contributed by atoms with Gasteiger partial charge in [-0.15, -0.1) is 0 Å². The summed E-state index contributed by atoms with van der Waals surface area (Å²) in [5.41, 5.74) is 0.938. The van der Waals surface area contributed by atoms with Crippen LogP contribution in [0.3, 0.4) is 0 Å². The van der Waals surface area contributed by atoms with E-state index in [-0.39, 0.29) is 12.2 Å². The second-order valence-corrected chi connectivity index (χ2v) is 9.58. The highest BCUT2D eigenvalue weighted by Gasteiger charge is 2.58. The van der Waals surface area contributed by atoms with Crippen molar-refractivity contribution in [2.45, 2.75) is 50.3 Å². The molecular formula is C30H28O9. The van der Waals surface area contributed by atoms with Crippen LogP contribution < -0.4 is 0 Å². The Morgan fingerprint density at radius 3 is 1.64 bits per heavy atom. The van der Waals surface area contributed by atoms with Crippen molar-refractivity contribution in [3.63, 3.8) is 0 Å². The first-order chi connectivity index (χ1) is 18.8. The highest BCUT2D eigenvalue weighted by Crippen LogP contribution is 2.39. The molecule has 0 bridgehead atoms. The number of carbonyl (C=O) groups is 3. The highest BCUT2D eigenvalue weighted by molar-refractivity contribution is 5.91. The smallest absolute Gasteiger partial charge is 0.338 e. The zero-order valence-corrected chi connectivity index (χ0v) is 21.4. The summed E-state index contributed by atoms with van der Waals surface area (Å²) in [7, 11) is 0. The first-order valence-corrected chi connectivity index (χ1v) is 12.6. The number of hydrogen-bond donors (Lipinski definition) is 0. The molecule has 2 aliphatic rings. The van der Waals surface area contributed by atoms with Crippen LogP contribution in [0.25, 0.3) is 0 Å². The van der Waals surface area contributed by atoms with E-state index in [2.05, 4.69) is 0 Å². The lowest BCUT2D eigenvalue weighted by Crippen LogP contribution is -2.60. The van der Waals surface area contributed by atoms with Crippen LogP contribution >= 0.6 is 0 Å². The molecule has 2 aliphatic heterocycles. The lowest BCUT2D eigenvalue weighted by Gasteiger charge is -2.41. The van der Waals surface area contributed by atoms with Crippen molar-refractivity contribution >= 4 is 17.9 Å². The van der Waals surface area contributed by atoms with E-state index >= 15 is 0 Å². The maximum atomic E-state index is 13.1. The van der Waals surface area contributed by atoms with Crippen molar-refractivity contribution in [2.75, 3.05) is 6.61 Å². The van der Waals surface area contributed by atoms with Crippen LogP contribution in [-0.2, 0) is 28.4 Å². The van der Waals surface area contributed by atoms with Crippen molar-refractivity contribution in [3.8, 4) is 0 Å². The Kier molecular flexibility index (Phi) is 7.74. The number of ether oxygens (including phenoxy) is 6. The Balaban J connectivity index is 1.44. The van der Waals surface area contributed by atoms with Gasteiger partial charge < -0.3 is 28.4 Å². The summed E-state index contributed by atoms with van der Waals surface area (Å²) >= 11 is 0. The minimum Gasteiger partial charge on any atom is -0.459 e.